The summed E-state index contributed by atoms with van der Waals surface area (Å²) in [4.78, 5) is 12.2. The molecule has 2 heterocycles. The summed E-state index contributed by atoms with van der Waals surface area (Å²) in [6.45, 7) is 1.94. The van der Waals surface area contributed by atoms with Crippen LogP contribution >= 0.6 is 0 Å². The Morgan fingerprint density at radius 1 is 1.07 bits per heavy atom. The van der Waals surface area contributed by atoms with E-state index >= 15 is 0 Å². The molecule has 0 saturated heterocycles. The third-order valence-electron chi connectivity index (χ3n) is 4.10. The average Bonchev–Trinajstić information content (AvgIpc) is 3.33. The van der Waals surface area contributed by atoms with Crippen molar-refractivity contribution in [1.29, 1.82) is 0 Å². The van der Waals surface area contributed by atoms with Crippen LogP contribution in [0.15, 0.2) is 75.7 Å². The molecule has 1 atom stereocenters. The van der Waals surface area contributed by atoms with E-state index in [-0.39, 0.29) is 12.5 Å². The van der Waals surface area contributed by atoms with Crippen molar-refractivity contribution in [3.8, 4) is 17.3 Å². The lowest BCUT2D eigenvalue weighted by Crippen LogP contribution is -2.35. The molecule has 0 aliphatic heterocycles. The van der Waals surface area contributed by atoms with E-state index in [0.29, 0.717) is 23.0 Å². The van der Waals surface area contributed by atoms with Gasteiger partial charge in [0.25, 0.3) is 5.91 Å². The summed E-state index contributed by atoms with van der Waals surface area (Å²) in [5.41, 5.74) is 1.39. The first-order chi connectivity index (χ1) is 13.2. The van der Waals surface area contributed by atoms with Crippen molar-refractivity contribution in [1.82, 2.24) is 10.5 Å². The van der Waals surface area contributed by atoms with Crippen molar-refractivity contribution in [2.75, 3.05) is 0 Å². The molecule has 6 heteroatoms. The second-order valence-corrected chi connectivity index (χ2v) is 6.12. The summed E-state index contributed by atoms with van der Waals surface area (Å²) >= 11 is 0. The van der Waals surface area contributed by atoms with Crippen molar-refractivity contribution in [2.24, 2.45) is 0 Å². The Morgan fingerprint density at radius 3 is 2.67 bits per heavy atom. The first-order valence-corrected chi connectivity index (χ1v) is 8.63. The fourth-order valence-electron chi connectivity index (χ4n) is 2.69. The van der Waals surface area contributed by atoms with Crippen LogP contribution in [0.25, 0.3) is 22.5 Å². The Hall–Kier alpha value is -3.54. The summed E-state index contributed by atoms with van der Waals surface area (Å²) < 4.78 is 16.7. The van der Waals surface area contributed by atoms with Gasteiger partial charge in [-0.25, -0.2) is 0 Å². The fraction of sp³-hybridized carbons (Fsp3) is 0.143. The third-order valence-corrected chi connectivity index (χ3v) is 4.10. The highest BCUT2D eigenvalue weighted by atomic mass is 16.5. The number of ether oxygens (including phenoxy) is 1. The van der Waals surface area contributed by atoms with E-state index in [0.717, 1.165) is 11.0 Å². The lowest BCUT2D eigenvalue weighted by atomic mass is 10.2. The number of nitrogens with one attached hydrogen (secondary N) is 1. The topological polar surface area (TPSA) is 77.5 Å². The van der Waals surface area contributed by atoms with Crippen molar-refractivity contribution >= 4 is 16.9 Å². The van der Waals surface area contributed by atoms with E-state index in [4.69, 9.17) is 13.7 Å². The molecule has 1 N–H and O–H groups in total. The molecule has 0 aliphatic rings. The van der Waals surface area contributed by atoms with Crippen LogP contribution in [0.2, 0.25) is 0 Å². The SMILES string of the molecule is CC(Oc1ccccc1)C(=O)NCc1cc(-c2cc3ccccc3o2)on1. The van der Waals surface area contributed by atoms with Gasteiger partial charge in [-0.15, -0.1) is 0 Å². The van der Waals surface area contributed by atoms with Crippen LogP contribution in [0.3, 0.4) is 0 Å². The maximum atomic E-state index is 12.2. The zero-order valence-electron chi connectivity index (χ0n) is 14.7. The lowest BCUT2D eigenvalue weighted by Gasteiger charge is -2.13. The van der Waals surface area contributed by atoms with Gasteiger partial charge in [-0.3, -0.25) is 4.79 Å². The molecule has 136 valence electrons. The van der Waals surface area contributed by atoms with E-state index < -0.39 is 6.10 Å². The zero-order valence-corrected chi connectivity index (χ0v) is 14.7. The predicted molar refractivity (Wildman–Crippen MR) is 100 cm³/mol. The minimum Gasteiger partial charge on any atom is -0.481 e. The highest BCUT2D eigenvalue weighted by Gasteiger charge is 2.16. The van der Waals surface area contributed by atoms with E-state index in [9.17, 15) is 4.79 Å². The van der Waals surface area contributed by atoms with Crippen molar-refractivity contribution < 1.29 is 18.5 Å². The Morgan fingerprint density at radius 2 is 1.85 bits per heavy atom. The molecule has 1 amide bonds. The number of benzene rings is 2. The summed E-state index contributed by atoms with van der Waals surface area (Å²) in [5.74, 6) is 1.53. The van der Waals surface area contributed by atoms with Gasteiger partial charge in [-0.2, -0.15) is 0 Å². The Labute approximate surface area is 155 Å². The smallest absolute Gasteiger partial charge is 0.261 e. The van der Waals surface area contributed by atoms with Crippen LogP contribution in [0.4, 0.5) is 0 Å². The largest absolute Gasteiger partial charge is 0.481 e. The molecule has 1 unspecified atom stereocenters. The molecule has 4 aromatic rings. The number of fused-ring (bicyclic) bond motifs is 1. The number of para-hydroxylation sites is 2. The van der Waals surface area contributed by atoms with Crippen LogP contribution < -0.4 is 10.1 Å². The second kappa shape index (κ2) is 7.37. The molecule has 4 rings (SSSR count). The first-order valence-electron chi connectivity index (χ1n) is 8.63. The highest BCUT2D eigenvalue weighted by molar-refractivity contribution is 5.82. The van der Waals surface area contributed by atoms with Gasteiger partial charge >= 0.3 is 0 Å². The van der Waals surface area contributed by atoms with Crippen LogP contribution in [0.5, 0.6) is 5.75 Å². The standard InChI is InChI=1S/C21H18N2O4/c1-14(25-17-8-3-2-4-9-17)21(24)22-13-16-12-20(27-23-16)19-11-15-7-5-6-10-18(15)26-19/h2-12,14H,13H2,1H3,(H,22,24). The first kappa shape index (κ1) is 16.9. The number of amides is 1. The molecular weight excluding hydrogens is 344 g/mol. The van der Waals surface area contributed by atoms with Gasteiger partial charge < -0.3 is 19.0 Å². The van der Waals surface area contributed by atoms with Gasteiger partial charge in [0.05, 0.1) is 6.54 Å². The summed E-state index contributed by atoms with van der Waals surface area (Å²) in [5, 5.41) is 7.77. The number of carbonyl (C=O) groups excluding carboxylic acids is 1. The van der Waals surface area contributed by atoms with Gasteiger partial charge in [0.2, 0.25) is 5.76 Å². The molecule has 2 aromatic carbocycles. The van der Waals surface area contributed by atoms with Gasteiger partial charge in [-0.1, -0.05) is 41.6 Å². The Kier molecular flexibility index (Phi) is 4.61. The molecule has 0 aliphatic carbocycles. The number of rotatable bonds is 6. The fourth-order valence-corrected chi connectivity index (χ4v) is 2.69. The number of nitrogens with zero attached hydrogens (tertiary/aromatic N) is 1. The average molecular weight is 362 g/mol. The Balaban J connectivity index is 1.37. The molecule has 0 bridgehead atoms. The number of hydrogen-bond donors (Lipinski definition) is 1. The molecule has 0 radical (unpaired) electrons. The number of furan rings is 1. The zero-order chi connectivity index (χ0) is 18.6. The molecule has 27 heavy (non-hydrogen) atoms. The van der Waals surface area contributed by atoms with Crippen LogP contribution in [-0.2, 0) is 11.3 Å². The molecule has 0 fully saturated rings. The number of aromatic nitrogens is 1. The van der Waals surface area contributed by atoms with Gasteiger partial charge in [-0.05, 0) is 31.2 Å². The van der Waals surface area contributed by atoms with E-state index in [1.165, 1.54) is 0 Å². The molecule has 0 saturated carbocycles. The van der Waals surface area contributed by atoms with Crippen LogP contribution in [0, 0.1) is 0 Å². The van der Waals surface area contributed by atoms with E-state index in [2.05, 4.69) is 10.5 Å². The minimum absolute atomic E-state index is 0.229. The maximum Gasteiger partial charge on any atom is 0.261 e. The quantitative estimate of drug-likeness (QED) is 0.557. The Bertz CT molecular complexity index is 1020. The number of hydrogen-bond acceptors (Lipinski definition) is 5. The summed E-state index contributed by atoms with van der Waals surface area (Å²) in [6.07, 6.45) is -0.617. The van der Waals surface area contributed by atoms with Gasteiger partial charge in [0, 0.05) is 11.5 Å². The highest BCUT2D eigenvalue weighted by Crippen LogP contribution is 2.28. The third kappa shape index (κ3) is 3.84. The molecule has 2 aromatic heterocycles. The van der Waals surface area contributed by atoms with Crippen LogP contribution in [-0.4, -0.2) is 17.2 Å². The summed E-state index contributed by atoms with van der Waals surface area (Å²) in [7, 11) is 0. The number of carbonyl (C=O) groups is 1. The lowest BCUT2D eigenvalue weighted by molar-refractivity contribution is -0.127. The molecule has 6 nitrogen and oxygen atoms in total. The monoisotopic (exact) mass is 362 g/mol. The van der Waals surface area contributed by atoms with E-state index in [1.54, 1.807) is 25.1 Å². The van der Waals surface area contributed by atoms with E-state index in [1.807, 2.05) is 48.5 Å². The van der Waals surface area contributed by atoms with Crippen molar-refractivity contribution in [2.45, 2.75) is 19.6 Å². The summed E-state index contributed by atoms with van der Waals surface area (Å²) in [6, 6.07) is 20.6. The van der Waals surface area contributed by atoms with Crippen molar-refractivity contribution in [3.63, 3.8) is 0 Å². The molecule has 0 spiro atoms. The predicted octanol–water partition coefficient (Wildman–Crippen LogP) is 4.17. The second-order valence-electron chi connectivity index (χ2n) is 6.12. The normalized spacial score (nSPS) is 12.0. The maximum absolute atomic E-state index is 12.2. The van der Waals surface area contributed by atoms with Gasteiger partial charge in [0.15, 0.2) is 11.9 Å². The minimum atomic E-state index is -0.617. The van der Waals surface area contributed by atoms with Gasteiger partial charge in [0.1, 0.15) is 17.0 Å². The van der Waals surface area contributed by atoms with Crippen LogP contribution in [0.1, 0.15) is 12.6 Å². The molecular formula is C21H18N2O4. The van der Waals surface area contributed by atoms with Crippen molar-refractivity contribution in [3.05, 3.63) is 72.4 Å².